The summed E-state index contributed by atoms with van der Waals surface area (Å²) < 4.78 is 58.7. The summed E-state index contributed by atoms with van der Waals surface area (Å²) in [7, 11) is -3.40. The zero-order chi connectivity index (χ0) is 16.2. The van der Waals surface area contributed by atoms with E-state index in [0.717, 1.165) is 38.3 Å². The predicted octanol–water partition coefficient (Wildman–Crippen LogP) is 3.28. The van der Waals surface area contributed by atoms with Crippen LogP contribution in [0.25, 0.3) is 0 Å². The van der Waals surface area contributed by atoms with Crippen LogP contribution in [0.4, 0.5) is 13.2 Å². The molecule has 0 bridgehead atoms. The molecule has 22 heavy (non-hydrogen) atoms. The Kier molecular flexibility index (Phi) is 3.56. The first-order valence-corrected chi connectivity index (χ1v) is 9.20. The lowest BCUT2D eigenvalue weighted by Gasteiger charge is -2.54. The minimum Gasteiger partial charge on any atom is -0.316 e. The first-order valence-electron chi connectivity index (χ1n) is 7.24. The van der Waals surface area contributed by atoms with Crippen LogP contribution in [-0.2, 0) is 22.3 Å². The molecule has 1 heterocycles. The van der Waals surface area contributed by atoms with Crippen molar-refractivity contribution in [3.63, 3.8) is 0 Å². The number of nitrogens with one attached hydrogen (secondary N) is 2. The average Bonchev–Trinajstić information content (AvgIpc) is 2.28. The number of halogens is 3. The van der Waals surface area contributed by atoms with E-state index in [-0.39, 0.29) is 0 Å². The minimum absolute atomic E-state index is 0.399. The lowest BCUT2D eigenvalue weighted by Crippen LogP contribution is -2.60. The summed E-state index contributed by atoms with van der Waals surface area (Å²) in [6.07, 6.45) is -0.813. The maximum Gasteiger partial charge on any atom is 0.417 e. The van der Waals surface area contributed by atoms with E-state index in [9.17, 15) is 17.4 Å². The molecule has 3 rings (SSSR count). The van der Waals surface area contributed by atoms with Crippen molar-refractivity contribution >= 4 is 9.73 Å². The number of hydrogen-bond acceptors (Lipinski definition) is 3. The molecule has 1 aliphatic carbocycles. The lowest BCUT2D eigenvalue weighted by molar-refractivity contribution is -0.139. The van der Waals surface area contributed by atoms with Crippen LogP contribution in [0.3, 0.4) is 0 Å². The Morgan fingerprint density at radius 3 is 2.45 bits per heavy atom. The largest absolute Gasteiger partial charge is 0.417 e. The zero-order valence-electron chi connectivity index (χ0n) is 12.3. The molecule has 1 aliphatic heterocycles. The molecule has 0 radical (unpaired) electrons. The highest BCUT2D eigenvalue weighted by Gasteiger charge is 2.48. The molecule has 1 aromatic carbocycles. The van der Waals surface area contributed by atoms with Crippen molar-refractivity contribution in [2.75, 3.05) is 19.3 Å². The van der Waals surface area contributed by atoms with Crippen molar-refractivity contribution < 1.29 is 17.4 Å². The third-order valence-corrected chi connectivity index (χ3v) is 5.93. The Labute approximate surface area is 128 Å². The fraction of sp³-hybridized carbons (Fsp3) is 0.600. The normalized spacial score (nSPS) is 23.6. The van der Waals surface area contributed by atoms with Crippen LogP contribution in [0.2, 0.25) is 0 Å². The summed E-state index contributed by atoms with van der Waals surface area (Å²) in [5.74, 6) is 0.427. The SMILES string of the molecule is CS(=N)(=O)c1ccc(CC2CC3(CNC3)C2)cc1C(F)(F)F. The molecule has 122 valence electrons. The van der Waals surface area contributed by atoms with Gasteiger partial charge in [0.05, 0.1) is 20.2 Å². The zero-order valence-corrected chi connectivity index (χ0v) is 13.1. The molecule has 0 amide bonds. The van der Waals surface area contributed by atoms with E-state index >= 15 is 0 Å². The summed E-state index contributed by atoms with van der Waals surface area (Å²) >= 11 is 0. The number of alkyl halides is 3. The smallest absolute Gasteiger partial charge is 0.316 e. The van der Waals surface area contributed by atoms with Crippen LogP contribution < -0.4 is 5.32 Å². The van der Waals surface area contributed by atoms with Crippen molar-refractivity contribution in [3.05, 3.63) is 29.3 Å². The van der Waals surface area contributed by atoms with Crippen LogP contribution in [0.15, 0.2) is 23.1 Å². The van der Waals surface area contributed by atoms with Gasteiger partial charge < -0.3 is 5.32 Å². The van der Waals surface area contributed by atoms with Crippen molar-refractivity contribution in [3.8, 4) is 0 Å². The number of hydrogen-bond donors (Lipinski definition) is 2. The summed E-state index contributed by atoms with van der Waals surface area (Å²) in [4.78, 5) is -0.419. The van der Waals surface area contributed by atoms with E-state index in [4.69, 9.17) is 4.78 Å². The van der Waals surface area contributed by atoms with Gasteiger partial charge in [-0.25, -0.2) is 8.99 Å². The number of rotatable bonds is 3. The summed E-state index contributed by atoms with van der Waals surface area (Å²) in [6.45, 7) is 2.04. The van der Waals surface area contributed by atoms with Crippen molar-refractivity contribution in [1.29, 1.82) is 4.78 Å². The highest BCUT2D eigenvalue weighted by atomic mass is 32.2. The molecule has 1 atom stereocenters. The molecule has 0 aromatic heterocycles. The molecule has 1 spiro atoms. The highest BCUT2D eigenvalue weighted by Crippen LogP contribution is 2.49. The van der Waals surface area contributed by atoms with Crippen molar-refractivity contribution in [1.82, 2.24) is 5.32 Å². The van der Waals surface area contributed by atoms with Crippen molar-refractivity contribution in [2.24, 2.45) is 11.3 Å². The first kappa shape index (κ1) is 15.8. The highest BCUT2D eigenvalue weighted by molar-refractivity contribution is 7.91. The third-order valence-electron chi connectivity index (χ3n) is 4.74. The first-order chi connectivity index (χ1) is 10.1. The van der Waals surface area contributed by atoms with Crippen LogP contribution >= 0.6 is 0 Å². The van der Waals surface area contributed by atoms with E-state index in [1.54, 1.807) is 6.07 Å². The molecule has 1 aromatic rings. The van der Waals surface area contributed by atoms with E-state index in [2.05, 4.69) is 5.32 Å². The molecule has 2 N–H and O–H groups in total. The summed E-state index contributed by atoms with van der Waals surface area (Å²) in [6, 6.07) is 3.89. The molecule has 1 saturated heterocycles. The van der Waals surface area contributed by atoms with Gasteiger partial charge >= 0.3 is 6.18 Å². The molecular weight excluding hydrogens is 313 g/mol. The summed E-state index contributed by atoms with van der Waals surface area (Å²) in [5, 5.41) is 3.24. The maximum absolute atomic E-state index is 13.2. The molecule has 2 aliphatic rings. The Morgan fingerprint density at radius 2 is 2.00 bits per heavy atom. The Balaban J connectivity index is 1.81. The van der Waals surface area contributed by atoms with Gasteiger partial charge in [-0.05, 0) is 48.3 Å². The van der Waals surface area contributed by atoms with Gasteiger partial charge in [-0.2, -0.15) is 13.2 Å². The average molecular weight is 332 g/mol. The molecule has 3 nitrogen and oxygen atoms in total. The van der Waals surface area contributed by atoms with Gasteiger partial charge in [-0.3, -0.25) is 0 Å². The van der Waals surface area contributed by atoms with E-state index in [1.165, 1.54) is 6.07 Å². The van der Waals surface area contributed by atoms with Gasteiger partial charge in [0.15, 0.2) is 0 Å². The molecule has 2 fully saturated rings. The lowest BCUT2D eigenvalue weighted by atomic mass is 9.57. The Morgan fingerprint density at radius 1 is 1.36 bits per heavy atom. The third kappa shape index (κ3) is 2.88. The van der Waals surface area contributed by atoms with Crippen molar-refractivity contribution in [2.45, 2.75) is 30.3 Å². The molecule has 1 unspecified atom stereocenters. The van der Waals surface area contributed by atoms with Gasteiger partial charge in [0.1, 0.15) is 0 Å². The molecule has 7 heteroatoms. The van der Waals surface area contributed by atoms with Gasteiger partial charge in [0.2, 0.25) is 0 Å². The second-order valence-corrected chi connectivity index (χ2v) is 8.88. The van der Waals surface area contributed by atoms with E-state index in [1.807, 2.05) is 0 Å². The van der Waals surface area contributed by atoms with Gasteiger partial charge in [0, 0.05) is 19.3 Å². The van der Waals surface area contributed by atoms with Crippen LogP contribution in [-0.4, -0.2) is 23.6 Å². The molecular formula is C15H19F3N2OS. The second kappa shape index (κ2) is 4.96. The van der Waals surface area contributed by atoms with Crippen LogP contribution in [0.1, 0.15) is 24.0 Å². The Hall–Kier alpha value is -1.08. The summed E-state index contributed by atoms with van der Waals surface area (Å²) in [5.41, 5.74) is 0.0924. The minimum atomic E-state index is -4.58. The topological polar surface area (TPSA) is 53.0 Å². The quantitative estimate of drug-likeness (QED) is 0.892. The Bertz CT molecular complexity index is 685. The second-order valence-electron chi connectivity index (χ2n) is 6.75. The molecule has 1 saturated carbocycles. The van der Waals surface area contributed by atoms with Crippen LogP contribution in [0.5, 0.6) is 0 Å². The van der Waals surface area contributed by atoms with Gasteiger partial charge in [-0.15, -0.1) is 0 Å². The fourth-order valence-electron chi connectivity index (χ4n) is 3.68. The van der Waals surface area contributed by atoms with E-state index < -0.39 is 26.4 Å². The van der Waals surface area contributed by atoms with Gasteiger partial charge in [-0.1, -0.05) is 6.07 Å². The van der Waals surface area contributed by atoms with Gasteiger partial charge in [0.25, 0.3) is 0 Å². The predicted molar refractivity (Wildman–Crippen MR) is 78.2 cm³/mol. The van der Waals surface area contributed by atoms with Crippen LogP contribution in [0, 0.1) is 16.1 Å². The fourth-order valence-corrected chi connectivity index (χ4v) is 4.60. The maximum atomic E-state index is 13.2. The standard InChI is InChI=1S/C15H19F3N2OS/c1-22(19,21)13-3-2-10(5-12(13)15(16,17)18)4-11-6-14(7-11)8-20-9-14/h2-3,5,11,19-20H,4,6-9H2,1H3. The van der Waals surface area contributed by atoms with E-state index in [0.29, 0.717) is 23.3 Å². The monoisotopic (exact) mass is 332 g/mol. The number of benzene rings is 1.